The van der Waals surface area contributed by atoms with Crippen molar-refractivity contribution in [3.05, 3.63) is 46.2 Å². The molecule has 11 heteroatoms. The van der Waals surface area contributed by atoms with Crippen molar-refractivity contribution in [2.45, 2.75) is 6.18 Å². The van der Waals surface area contributed by atoms with Gasteiger partial charge in [-0.2, -0.15) is 13.2 Å². The third-order valence-electron chi connectivity index (χ3n) is 2.84. The van der Waals surface area contributed by atoms with Crippen LogP contribution in [0.3, 0.4) is 0 Å². The summed E-state index contributed by atoms with van der Waals surface area (Å²) in [6.07, 6.45) is -3.55. The van der Waals surface area contributed by atoms with Crippen molar-refractivity contribution in [3.8, 4) is 0 Å². The van der Waals surface area contributed by atoms with E-state index in [0.717, 1.165) is 12.3 Å². The van der Waals surface area contributed by atoms with Gasteiger partial charge in [0.25, 0.3) is 0 Å². The van der Waals surface area contributed by atoms with Gasteiger partial charge in [0.15, 0.2) is 0 Å². The number of rotatable bonds is 5. The molecule has 1 aromatic carbocycles. The number of nitrogens with one attached hydrogen (secondary N) is 3. The van der Waals surface area contributed by atoms with Gasteiger partial charge in [-0.1, -0.05) is 29.3 Å². The number of alkyl halides is 3. The molecule has 1 aromatic heterocycles. The second-order valence-electron chi connectivity index (χ2n) is 4.67. The van der Waals surface area contributed by atoms with Crippen molar-refractivity contribution < 1.29 is 18.0 Å². The minimum absolute atomic E-state index is 0.115. The first-order valence-electron chi connectivity index (χ1n) is 6.90. The number of amides is 2. The van der Waals surface area contributed by atoms with Crippen molar-refractivity contribution in [1.82, 2.24) is 15.3 Å². The third-order valence-corrected chi connectivity index (χ3v) is 3.66. The van der Waals surface area contributed by atoms with Crippen LogP contribution in [-0.2, 0) is 6.18 Å². The highest BCUT2D eigenvalue weighted by atomic mass is 35.5. The van der Waals surface area contributed by atoms with Gasteiger partial charge in [0, 0.05) is 19.3 Å². The molecule has 0 bridgehead atoms. The Labute approximate surface area is 150 Å². The number of carbonyl (C=O) groups is 1. The molecular weight excluding hydrogens is 382 g/mol. The van der Waals surface area contributed by atoms with E-state index < -0.39 is 17.9 Å². The van der Waals surface area contributed by atoms with Crippen LogP contribution in [0.1, 0.15) is 5.69 Å². The molecule has 0 fully saturated rings. The van der Waals surface area contributed by atoms with Crippen LogP contribution in [0.2, 0.25) is 10.0 Å². The molecular formula is C14H12Cl2F3N5O. The zero-order valence-electron chi connectivity index (χ0n) is 12.5. The Morgan fingerprint density at radius 3 is 2.64 bits per heavy atom. The van der Waals surface area contributed by atoms with E-state index in [-0.39, 0.29) is 24.1 Å². The smallest absolute Gasteiger partial charge is 0.352 e. The first-order chi connectivity index (χ1) is 11.8. The van der Waals surface area contributed by atoms with Crippen LogP contribution < -0.4 is 16.0 Å². The Bertz CT molecular complexity index is 757. The van der Waals surface area contributed by atoms with Crippen LogP contribution in [0.5, 0.6) is 0 Å². The van der Waals surface area contributed by atoms with Gasteiger partial charge in [-0.05, 0) is 18.2 Å². The van der Waals surface area contributed by atoms with E-state index >= 15 is 0 Å². The number of urea groups is 1. The molecule has 25 heavy (non-hydrogen) atoms. The summed E-state index contributed by atoms with van der Waals surface area (Å²) in [7, 11) is 0. The lowest BCUT2D eigenvalue weighted by atomic mass is 10.3. The third kappa shape index (κ3) is 5.64. The molecule has 0 spiro atoms. The topological polar surface area (TPSA) is 78.9 Å². The highest BCUT2D eigenvalue weighted by Crippen LogP contribution is 2.29. The minimum atomic E-state index is -4.55. The predicted octanol–water partition coefficient (Wildman–Crippen LogP) is 4.04. The summed E-state index contributed by atoms with van der Waals surface area (Å²) in [5.74, 6) is -0.185. The molecule has 0 aliphatic rings. The van der Waals surface area contributed by atoms with Crippen LogP contribution >= 0.6 is 23.2 Å². The van der Waals surface area contributed by atoms with Gasteiger partial charge in [0.1, 0.15) is 5.69 Å². The molecule has 0 saturated carbocycles. The summed E-state index contributed by atoms with van der Waals surface area (Å²) in [5, 5.41) is 8.09. The molecule has 0 unspecified atom stereocenters. The Morgan fingerprint density at radius 2 is 1.92 bits per heavy atom. The lowest BCUT2D eigenvalue weighted by Crippen LogP contribution is -2.33. The van der Waals surface area contributed by atoms with E-state index in [1.165, 1.54) is 0 Å². The highest BCUT2D eigenvalue weighted by Gasteiger charge is 2.32. The van der Waals surface area contributed by atoms with E-state index in [1.54, 1.807) is 18.2 Å². The van der Waals surface area contributed by atoms with Crippen molar-refractivity contribution in [2.75, 3.05) is 23.7 Å². The lowest BCUT2D eigenvalue weighted by molar-refractivity contribution is -0.141. The van der Waals surface area contributed by atoms with Crippen molar-refractivity contribution in [3.63, 3.8) is 0 Å². The van der Waals surface area contributed by atoms with Crippen LogP contribution in [-0.4, -0.2) is 29.1 Å². The minimum Gasteiger partial charge on any atom is -0.352 e. The molecule has 1 heterocycles. The first-order valence-corrected chi connectivity index (χ1v) is 7.66. The van der Waals surface area contributed by atoms with Gasteiger partial charge in [-0.25, -0.2) is 14.8 Å². The molecule has 2 rings (SSSR count). The van der Waals surface area contributed by atoms with E-state index in [4.69, 9.17) is 23.2 Å². The van der Waals surface area contributed by atoms with Gasteiger partial charge >= 0.3 is 12.2 Å². The summed E-state index contributed by atoms with van der Waals surface area (Å²) in [5.41, 5.74) is -0.716. The van der Waals surface area contributed by atoms with Crippen LogP contribution in [0.15, 0.2) is 30.5 Å². The Balaban J connectivity index is 1.79. The maximum atomic E-state index is 12.5. The molecule has 2 amide bonds. The van der Waals surface area contributed by atoms with Gasteiger partial charge in [-0.15, -0.1) is 0 Å². The van der Waals surface area contributed by atoms with Gasteiger partial charge < -0.3 is 16.0 Å². The van der Waals surface area contributed by atoms with Crippen LogP contribution in [0.25, 0.3) is 0 Å². The van der Waals surface area contributed by atoms with Crippen molar-refractivity contribution >= 4 is 40.9 Å². The largest absolute Gasteiger partial charge is 0.433 e. The maximum Gasteiger partial charge on any atom is 0.433 e. The van der Waals surface area contributed by atoms with E-state index in [2.05, 4.69) is 25.9 Å². The second kappa shape index (κ2) is 8.21. The zero-order chi connectivity index (χ0) is 18.4. The monoisotopic (exact) mass is 393 g/mol. The average Bonchev–Trinajstić information content (AvgIpc) is 2.55. The number of carbonyl (C=O) groups excluding carboxylic acids is 1. The van der Waals surface area contributed by atoms with E-state index in [0.29, 0.717) is 10.7 Å². The molecule has 0 saturated heterocycles. The van der Waals surface area contributed by atoms with Crippen LogP contribution in [0.4, 0.5) is 29.6 Å². The number of anilines is 2. The number of benzene rings is 1. The van der Waals surface area contributed by atoms with Crippen molar-refractivity contribution in [1.29, 1.82) is 0 Å². The summed E-state index contributed by atoms with van der Waals surface area (Å²) in [6, 6.07) is 4.99. The Hall–Kier alpha value is -2.26. The predicted molar refractivity (Wildman–Crippen MR) is 89.0 cm³/mol. The molecule has 2 aromatic rings. The fraction of sp³-hybridized carbons (Fsp3) is 0.214. The summed E-state index contributed by atoms with van der Waals surface area (Å²) < 4.78 is 37.6. The molecule has 134 valence electrons. The number of hydrogen-bond acceptors (Lipinski definition) is 4. The molecule has 3 N–H and O–H groups in total. The van der Waals surface area contributed by atoms with Crippen molar-refractivity contribution in [2.24, 2.45) is 0 Å². The average molecular weight is 394 g/mol. The molecule has 6 nitrogen and oxygen atoms in total. The summed E-state index contributed by atoms with van der Waals surface area (Å²) in [4.78, 5) is 18.8. The lowest BCUT2D eigenvalue weighted by Gasteiger charge is -2.11. The maximum absolute atomic E-state index is 12.5. The molecule has 0 aliphatic carbocycles. The second-order valence-corrected chi connectivity index (χ2v) is 5.46. The van der Waals surface area contributed by atoms with Gasteiger partial charge in [0.2, 0.25) is 5.95 Å². The molecule has 0 atom stereocenters. The normalized spacial score (nSPS) is 11.1. The quantitative estimate of drug-likeness (QED) is 0.669. The fourth-order valence-corrected chi connectivity index (χ4v) is 2.07. The SMILES string of the molecule is O=C(NCCNc1nccc(C(F)(F)F)n1)Nc1cccc(Cl)c1Cl. The van der Waals surface area contributed by atoms with Gasteiger partial charge in [0.05, 0.1) is 15.7 Å². The number of nitrogens with zero attached hydrogens (tertiary/aromatic N) is 2. The van der Waals surface area contributed by atoms with E-state index in [9.17, 15) is 18.0 Å². The Kier molecular flexibility index (Phi) is 6.27. The standard InChI is InChI=1S/C14H12Cl2F3N5O/c15-8-2-1-3-9(11(8)16)23-13(25)22-7-6-21-12-20-5-4-10(24-12)14(17,18)19/h1-5H,6-7H2,(H,20,21,24)(H2,22,23,25). The first kappa shape index (κ1) is 19.1. The fourth-order valence-electron chi connectivity index (χ4n) is 1.72. The van der Waals surface area contributed by atoms with Crippen LogP contribution in [0, 0.1) is 0 Å². The Morgan fingerprint density at radius 1 is 1.16 bits per heavy atom. The summed E-state index contributed by atoms with van der Waals surface area (Å²) in [6.45, 7) is 0.238. The number of halogens is 5. The number of aromatic nitrogens is 2. The van der Waals surface area contributed by atoms with E-state index in [1.807, 2.05) is 0 Å². The number of hydrogen-bond donors (Lipinski definition) is 3. The van der Waals surface area contributed by atoms with Gasteiger partial charge in [-0.3, -0.25) is 0 Å². The zero-order valence-corrected chi connectivity index (χ0v) is 14.0. The highest BCUT2D eigenvalue weighted by molar-refractivity contribution is 6.43. The summed E-state index contributed by atoms with van der Waals surface area (Å²) >= 11 is 11.8. The molecule has 0 aliphatic heterocycles. The molecule has 0 radical (unpaired) electrons.